The molecule has 4 atom stereocenters. The number of ether oxygens (including phenoxy) is 2. The minimum atomic E-state index is 0.241. The Balaban J connectivity index is 1.99. The summed E-state index contributed by atoms with van der Waals surface area (Å²) in [6, 6.07) is 4.05. The maximum absolute atomic E-state index is 5.49. The molecule has 2 saturated heterocycles. The molecular formula is C9H7NO2. The molecular weight excluding hydrogens is 154 g/mol. The fraction of sp³-hybridized carbons (Fsp3) is 0.444. The highest BCUT2D eigenvalue weighted by Gasteiger charge is 2.64. The van der Waals surface area contributed by atoms with Crippen molar-refractivity contribution in [3.8, 4) is 0 Å². The van der Waals surface area contributed by atoms with Crippen LogP contribution in [-0.2, 0) is 9.47 Å². The zero-order valence-corrected chi connectivity index (χ0v) is 6.31. The highest BCUT2D eigenvalue weighted by atomic mass is 16.7. The van der Waals surface area contributed by atoms with Crippen molar-refractivity contribution < 1.29 is 9.47 Å². The molecule has 0 aromatic carbocycles. The van der Waals surface area contributed by atoms with Crippen molar-refractivity contribution in [1.29, 1.82) is 0 Å². The summed E-state index contributed by atoms with van der Waals surface area (Å²) in [5.41, 5.74) is 2.34. The standard InChI is InChI=1S/C9H7NO2/c1-2-4-5(10-3-1)7-9(12-7)8-6(4)11-8/h1-3,6-9H/t6-,7?,8-,9?/m0/s1. The first-order valence-electron chi connectivity index (χ1n) is 4.21. The lowest BCUT2D eigenvalue weighted by Gasteiger charge is -2.05. The molecule has 1 aromatic rings. The molecule has 1 aliphatic carbocycles. The van der Waals surface area contributed by atoms with E-state index in [9.17, 15) is 0 Å². The van der Waals surface area contributed by atoms with Gasteiger partial charge in [-0.1, -0.05) is 6.07 Å². The summed E-state index contributed by atoms with van der Waals surface area (Å²) >= 11 is 0. The molecule has 3 aliphatic rings. The highest BCUT2D eigenvalue weighted by molar-refractivity contribution is 5.37. The van der Waals surface area contributed by atoms with Crippen molar-refractivity contribution in [2.24, 2.45) is 0 Å². The molecule has 0 saturated carbocycles. The van der Waals surface area contributed by atoms with Crippen LogP contribution in [0.15, 0.2) is 18.3 Å². The Hall–Kier alpha value is -0.930. The Labute approximate surface area is 69.3 Å². The number of pyridine rings is 1. The van der Waals surface area contributed by atoms with E-state index in [4.69, 9.17) is 9.47 Å². The van der Waals surface area contributed by atoms with Crippen LogP contribution < -0.4 is 0 Å². The number of fused-ring (bicyclic) bond motifs is 6. The average Bonchev–Trinajstić information content (AvgIpc) is 2.98. The van der Waals surface area contributed by atoms with Crippen LogP contribution in [0.1, 0.15) is 23.5 Å². The van der Waals surface area contributed by atoms with Gasteiger partial charge in [-0.25, -0.2) is 0 Å². The van der Waals surface area contributed by atoms with Crippen molar-refractivity contribution in [3.63, 3.8) is 0 Å². The van der Waals surface area contributed by atoms with Crippen LogP contribution in [0, 0.1) is 0 Å². The van der Waals surface area contributed by atoms with Crippen molar-refractivity contribution in [3.05, 3.63) is 29.6 Å². The monoisotopic (exact) mass is 161 g/mol. The van der Waals surface area contributed by atoms with Gasteiger partial charge < -0.3 is 9.47 Å². The van der Waals surface area contributed by atoms with E-state index in [0.29, 0.717) is 12.2 Å². The lowest BCUT2D eigenvalue weighted by Crippen LogP contribution is -2.08. The minimum absolute atomic E-state index is 0.241. The van der Waals surface area contributed by atoms with Crippen LogP contribution in [-0.4, -0.2) is 17.2 Å². The van der Waals surface area contributed by atoms with E-state index in [1.807, 2.05) is 12.3 Å². The van der Waals surface area contributed by atoms with Gasteiger partial charge in [-0.2, -0.15) is 0 Å². The van der Waals surface area contributed by atoms with E-state index in [2.05, 4.69) is 11.1 Å². The van der Waals surface area contributed by atoms with Crippen LogP contribution in [0.25, 0.3) is 0 Å². The molecule has 2 fully saturated rings. The SMILES string of the molecule is c1cnc2c(c1)[C@@H]1O[C@@H]1C1OC21. The van der Waals surface area contributed by atoms with Gasteiger partial charge in [-0.05, 0) is 6.07 Å². The summed E-state index contributed by atoms with van der Waals surface area (Å²) in [5.74, 6) is 0. The first-order chi connectivity index (χ1) is 5.95. The number of hydrogen-bond acceptors (Lipinski definition) is 3. The fourth-order valence-corrected chi connectivity index (χ4v) is 2.13. The Morgan fingerprint density at radius 3 is 3.00 bits per heavy atom. The smallest absolute Gasteiger partial charge is 0.129 e. The topological polar surface area (TPSA) is 38.0 Å². The lowest BCUT2D eigenvalue weighted by molar-refractivity contribution is 0.303. The van der Waals surface area contributed by atoms with Crippen LogP contribution in [0.5, 0.6) is 0 Å². The van der Waals surface area contributed by atoms with Crippen molar-refractivity contribution >= 4 is 0 Å². The van der Waals surface area contributed by atoms with Gasteiger partial charge in [0, 0.05) is 11.8 Å². The summed E-state index contributed by atoms with van der Waals surface area (Å²) in [7, 11) is 0. The van der Waals surface area contributed by atoms with E-state index in [1.165, 1.54) is 5.56 Å². The van der Waals surface area contributed by atoms with Gasteiger partial charge >= 0.3 is 0 Å². The highest BCUT2D eigenvalue weighted by Crippen LogP contribution is 2.59. The summed E-state index contributed by atoms with van der Waals surface area (Å²) in [6.07, 6.45) is 3.01. The first kappa shape index (κ1) is 5.67. The van der Waals surface area contributed by atoms with Crippen LogP contribution in [0.3, 0.4) is 0 Å². The summed E-state index contributed by atoms with van der Waals surface area (Å²) < 4.78 is 11.0. The van der Waals surface area contributed by atoms with E-state index < -0.39 is 0 Å². The second kappa shape index (κ2) is 1.56. The third kappa shape index (κ3) is 0.509. The predicted octanol–water partition coefficient (Wildman–Crippen LogP) is 0.975. The molecule has 2 aliphatic heterocycles. The van der Waals surface area contributed by atoms with Gasteiger partial charge in [0.1, 0.15) is 24.4 Å². The van der Waals surface area contributed by atoms with E-state index in [0.717, 1.165) is 5.69 Å². The molecule has 3 heterocycles. The molecule has 0 spiro atoms. The largest absolute Gasteiger partial charge is 0.361 e. The third-order valence-corrected chi connectivity index (χ3v) is 2.82. The van der Waals surface area contributed by atoms with Crippen LogP contribution >= 0.6 is 0 Å². The predicted molar refractivity (Wildman–Crippen MR) is 39.5 cm³/mol. The van der Waals surface area contributed by atoms with E-state index in [1.54, 1.807) is 0 Å². The Bertz CT molecular complexity index is 330. The summed E-state index contributed by atoms with van der Waals surface area (Å²) in [6.45, 7) is 0. The average molecular weight is 161 g/mol. The van der Waals surface area contributed by atoms with Crippen molar-refractivity contribution in [2.75, 3.05) is 0 Å². The molecule has 0 radical (unpaired) electrons. The number of epoxide rings is 2. The maximum atomic E-state index is 5.49. The fourth-order valence-electron chi connectivity index (χ4n) is 2.13. The number of rotatable bonds is 0. The Kier molecular flexibility index (Phi) is 0.736. The number of hydrogen-bond donors (Lipinski definition) is 0. The van der Waals surface area contributed by atoms with Gasteiger partial charge in [0.25, 0.3) is 0 Å². The lowest BCUT2D eigenvalue weighted by atomic mass is 9.96. The second-order valence-corrected chi connectivity index (χ2v) is 3.52. The summed E-state index contributed by atoms with van der Waals surface area (Å²) in [5, 5.41) is 0. The quantitative estimate of drug-likeness (QED) is 0.532. The molecule has 1 aromatic heterocycles. The molecule has 4 rings (SSSR count). The summed E-state index contributed by atoms with van der Waals surface area (Å²) in [4.78, 5) is 4.31. The second-order valence-electron chi connectivity index (χ2n) is 3.52. The molecule has 3 nitrogen and oxygen atoms in total. The van der Waals surface area contributed by atoms with Crippen LogP contribution in [0.2, 0.25) is 0 Å². The first-order valence-corrected chi connectivity index (χ1v) is 4.21. The zero-order valence-electron chi connectivity index (χ0n) is 6.31. The minimum Gasteiger partial charge on any atom is -0.361 e. The van der Waals surface area contributed by atoms with Crippen molar-refractivity contribution in [2.45, 2.75) is 24.4 Å². The normalized spacial score (nSPS) is 45.7. The molecule has 0 bridgehead atoms. The molecule has 12 heavy (non-hydrogen) atoms. The Morgan fingerprint density at radius 1 is 1.17 bits per heavy atom. The van der Waals surface area contributed by atoms with E-state index >= 15 is 0 Å². The molecule has 0 amide bonds. The molecule has 60 valence electrons. The Morgan fingerprint density at radius 2 is 2.00 bits per heavy atom. The molecule has 0 N–H and O–H groups in total. The van der Waals surface area contributed by atoms with Gasteiger partial charge in [0.15, 0.2) is 0 Å². The van der Waals surface area contributed by atoms with E-state index in [-0.39, 0.29) is 12.2 Å². The van der Waals surface area contributed by atoms with Crippen LogP contribution in [0.4, 0.5) is 0 Å². The number of nitrogens with zero attached hydrogens (tertiary/aromatic N) is 1. The molecule has 2 unspecified atom stereocenters. The molecule has 3 heteroatoms. The van der Waals surface area contributed by atoms with Gasteiger partial charge in [-0.15, -0.1) is 0 Å². The van der Waals surface area contributed by atoms with Gasteiger partial charge in [0.2, 0.25) is 0 Å². The van der Waals surface area contributed by atoms with Gasteiger partial charge in [-0.3, -0.25) is 4.98 Å². The zero-order chi connectivity index (χ0) is 7.71. The maximum Gasteiger partial charge on any atom is 0.129 e. The third-order valence-electron chi connectivity index (χ3n) is 2.82. The van der Waals surface area contributed by atoms with Crippen molar-refractivity contribution in [1.82, 2.24) is 4.98 Å². The van der Waals surface area contributed by atoms with Gasteiger partial charge in [0.05, 0.1) is 5.69 Å². The number of aromatic nitrogens is 1.